The van der Waals surface area contributed by atoms with Gasteiger partial charge in [0.15, 0.2) is 0 Å². The van der Waals surface area contributed by atoms with Crippen molar-refractivity contribution in [1.82, 2.24) is 10.1 Å². The van der Waals surface area contributed by atoms with E-state index < -0.39 is 0 Å². The zero-order chi connectivity index (χ0) is 18.6. The molecule has 0 unspecified atom stereocenters. The Kier molecular flexibility index (Phi) is 5.01. The van der Waals surface area contributed by atoms with E-state index in [1.54, 1.807) is 0 Å². The van der Waals surface area contributed by atoms with Crippen molar-refractivity contribution in [3.8, 4) is 22.8 Å². The molecular formula is C22H23N3O2. The van der Waals surface area contributed by atoms with Gasteiger partial charge in [0.2, 0.25) is 11.7 Å². The Bertz CT molecular complexity index is 907. The molecule has 27 heavy (non-hydrogen) atoms. The van der Waals surface area contributed by atoms with Gasteiger partial charge in [-0.25, -0.2) is 0 Å². The molecule has 0 atom stereocenters. The third-order valence-electron chi connectivity index (χ3n) is 5.11. The first-order valence-corrected chi connectivity index (χ1v) is 9.51. The van der Waals surface area contributed by atoms with Crippen molar-refractivity contribution in [3.63, 3.8) is 0 Å². The quantitative estimate of drug-likeness (QED) is 0.691. The maximum Gasteiger partial charge on any atom is 0.258 e. The second-order valence-corrected chi connectivity index (χ2v) is 7.19. The molecule has 0 bridgehead atoms. The minimum Gasteiger partial charge on any atom is -0.334 e. The largest absolute Gasteiger partial charge is 0.334 e. The molecule has 4 rings (SSSR count). The van der Waals surface area contributed by atoms with Gasteiger partial charge in [0.05, 0.1) is 0 Å². The third kappa shape index (κ3) is 4.08. The number of amides is 1. The van der Waals surface area contributed by atoms with Gasteiger partial charge >= 0.3 is 0 Å². The van der Waals surface area contributed by atoms with Gasteiger partial charge in [-0.05, 0) is 44.0 Å². The van der Waals surface area contributed by atoms with Crippen LogP contribution in [0.2, 0.25) is 0 Å². The summed E-state index contributed by atoms with van der Waals surface area (Å²) in [6.45, 7) is 2.04. The molecule has 5 nitrogen and oxygen atoms in total. The van der Waals surface area contributed by atoms with E-state index in [0.717, 1.165) is 42.5 Å². The number of aromatic nitrogens is 2. The van der Waals surface area contributed by atoms with E-state index >= 15 is 0 Å². The van der Waals surface area contributed by atoms with Crippen LogP contribution >= 0.6 is 0 Å². The highest BCUT2D eigenvalue weighted by Gasteiger charge is 2.21. The molecule has 0 aliphatic heterocycles. The zero-order valence-corrected chi connectivity index (χ0v) is 15.4. The summed E-state index contributed by atoms with van der Waals surface area (Å²) in [5, 5.41) is 7.09. The molecule has 1 fully saturated rings. The van der Waals surface area contributed by atoms with Crippen LogP contribution in [-0.4, -0.2) is 16.0 Å². The number of nitrogens with one attached hydrogen (secondary N) is 1. The standard InChI is InChI=1S/C22H23N3O2/c1-15-7-9-16(10-8-15)20-24-22(27-25-20)18-11-13-19(14-12-18)23-21(26)17-5-3-2-4-6-17/h7-14,17H,2-6H2,1H3,(H,23,26). The van der Waals surface area contributed by atoms with Gasteiger partial charge < -0.3 is 9.84 Å². The lowest BCUT2D eigenvalue weighted by Gasteiger charge is -2.20. The maximum atomic E-state index is 12.4. The number of anilines is 1. The van der Waals surface area contributed by atoms with Crippen LogP contribution in [0, 0.1) is 12.8 Å². The van der Waals surface area contributed by atoms with Crippen LogP contribution in [0.5, 0.6) is 0 Å². The lowest BCUT2D eigenvalue weighted by atomic mass is 9.88. The van der Waals surface area contributed by atoms with Crippen LogP contribution in [0.15, 0.2) is 53.1 Å². The van der Waals surface area contributed by atoms with Crippen molar-refractivity contribution in [2.24, 2.45) is 5.92 Å². The Labute approximate surface area is 158 Å². The highest BCUT2D eigenvalue weighted by atomic mass is 16.5. The molecule has 0 spiro atoms. The summed E-state index contributed by atoms with van der Waals surface area (Å²) in [5.74, 6) is 1.31. The second kappa shape index (κ2) is 7.74. The Morgan fingerprint density at radius 1 is 0.963 bits per heavy atom. The molecule has 1 N–H and O–H groups in total. The smallest absolute Gasteiger partial charge is 0.258 e. The average Bonchev–Trinajstić information content (AvgIpc) is 3.20. The van der Waals surface area contributed by atoms with Crippen LogP contribution in [0.1, 0.15) is 37.7 Å². The fourth-order valence-corrected chi connectivity index (χ4v) is 3.47. The molecule has 1 amide bonds. The normalized spacial score (nSPS) is 14.9. The molecule has 5 heteroatoms. The minimum atomic E-state index is 0.127. The molecule has 0 radical (unpaired) electrons. The van der Waals surface area contributed by atoms with E-state index in [2.05, 4.69) is 15.5 Å². The topological polar surface area (TPSA) is 68.0 Å². The summed E-state index contributed by atoms with van der Waals surface area (Å²) >= 11 is 0. The van der Waals surface area contributed by atoms with Crippen molar-refractivity contribution >= 4 is 11.6 Å². The van der Waals surface area contributed by atoms with E-state index in [1.165, 1.54) is 12.0 Å². The van der Waals surface area contributed by atoms with E-state index in [4.69, 9.17) is 4.52 Å². The molecule has 138 valence electrons. The van der Waals surface area contributed by atoms with Crippen molar-refractivity contribution in [3.05, 3.63) is 54.1 Å². The van der Waals surface area contributed by atoms with Crippen molar-refractivity contribution in [2.75, 3.05) is 5.32 Å². The number of rotatable bonds is 4. The molecule has 3 aromatic rings. The maximum absolute atomic E-state index is 12.4. The van der Waals surface area contributed by atoms with Gasteiger partial charge in [-0.3, -0.25) is 4.79 Å². The number of carbonyl (C=O) groups excluding carboxylic acids is 1. The predicted molar refractivity (Wildman–Crippen MR) is 105 cm³/mol. The van der Waals surface area contributed by atoms with Crippen molar-refractivity contribution in [1.29, 1.82) is 0 Å². The monoisotopic (exact) mass is 361 g/mol. The van der Waals surface area contributed by atoms with E-state index in [1.807, 2.05) is 55.5 Å². The molecule has 1 aliphatic rings. The number of aryl methyl sites for hydroxylation is 1. The third-order valence-corrected chi connectivity index (χ3v) is 5.11. The lowest BCUT2D eigenvalue weighted by molar-refractivity contribution is -0.120. The summed E-state index contributed by atoms with van der Waals surface area (Å²) in [7, 11) is 0. The van der Waals surface area contributed by atoms with Crippen LogP contribution in [0.25, 0.3) is 22.8 Å². The molecule has 1 heterocycles. The Balaban J connectivity index is 1.44. The Morgan fingerprint density at radius 2 is 1.63 bits per heavy atom. The highest BCUT2D eigenvalue weighted by Crippen LogP contribution is 2.26. The fraction of sp³-hybridized carbons (Fsp3) is 0.318. The summed E-state index contributed by atoms with van der Waals surface area (Å²) in [5.41, 5.74) is 3.74. The van der Waals surface area contributed by atoms with Gasteiger partial charge in [0.1, 0.15) is 0 Å². The van der Waals surface area contributed by atoms with E-state index in [9.17, 15) is 4.79 Å². The zero-order valence-electron chi connectivity index (χ0n) is 15.4. The summed E-state index contributed by atoms with van der Waals surface area (Å²) in [6.07, 6.45) is 5.53. The molecule has 0 saturated heterocycles. The van der Waals surface area contributed by atoms with Crippen molar-refractivity contribution in [2.45, 2.75) is 39.0 Å². The summed E-state index contributed by atoms with van der Waals surface area (Å²) in [4.78, 5) is 16.8. The van der Waals surface area contributed by atoms with Crippen LogP contribution in [0.4, 0.5) is 5.69 Å². The van der Waals surface area contributed by atoms with E-state index in [0.29, 0.717) is 11.7 Å². The van der Waals surface area contributed by atoms with Gasteiger partial charge in [-0.2, -0.15) is 4.98 Å². The van der Waals surface area contributed by atoms with Crippen LogP contribution in [-0.2, 0) is 4.79 Å². The highest BCUT2D eigenvalue weighted by molar-refractivity contribution is 5.92. The average molecular weight is 361 g/mol. The number of carbonyl (C=O) groups is 1. The first kappa shape index (κ1) is 17.5. The predicted octanol–water partition coefficient (Wildman–Crippen LogP) is 5.23. The first-order valence-electron chi connectivity index (χ1n) is 9.51. The van der Waals surface area contributed by atoms with E-state index in [-0.39, 0.29) is 11.8 Å². The van der Waals surface area contributed by atoms with Gasteiger partial charge in [0, 0.05) is 22.7 Å². The molecule has 1 saturated carbocycles. The van der Waals surface area contributed by atoms with Gasteiger partial charge in [0.25, 0.3) is 5.89 Å². The van der Waals surface area contributed by atoms with Crippen LogP contribution < -0.4 is 5.32 Å². The second-order valence-electron chi connectivity index (χ2n) is 7.19. The summed E-state index contributed by atoms with van der Waals surface area (Å²) in [6, 6.07) is 15.6. The number of nitrogens with zero attached hydrogens (tertiary/aromatic N) is 2. The van der Waals surface area contributed by atoms with Crippen molar-refractivity contribution < 1.29 is 9.32 Å². The molecule has 2 aromatic carbocycles. The number of hydrogen-bond donors (Lipinski definition) is 1. The van der Waals surface area contributed by atoms with Crippen LogP contribution in [0.3, 0.4) is 0 Å². The SMILES string of the molecule is Cc1ccc(-c2noc(-c3ccc(NC(=O)C4CCCCC4)cc3)n2)cc1. The lowest BCUT2D eigenvalue weighted by Crippen LogP contribution is -2.24. The fourth-order valence-electron chi connectivity index (χ4n) is 3.47. The molecular weight excluding hydrogens is 338 g/mol. The molecule has 1 aromatic heterocycles. The first-order chi connectivity index (χ1) is 13.2. The summed E-state index contributed by atoms with van der Waals surface area (Å²) < 4.78 is 5.40. The Morgan fingerprint density at radius 3 is 2.33 bits per heavy atom. The number of hydrogen-bond acceptors (Lipinski definition) is 4. The van der Waals surface area contributed by atoms with Gasteiger partial charge in [-0.15, -0.1) is 0 Å². The molecule has 1 aliphatic carbocycles. The van der Waals surface area contributed by atoms with Gasteiger partial charge in [-0.1, -0.05) is 54.2 Å². The number of benzene rings is 2. The Hall–Kier alpha value is -2.95. The minimum absolute atomic E-state index is 0.127.